The number of rotatable bonds is 11. The van der Waals surface area contributed by atoms with E-state index in [0.29, 0.717) is 32.4 Å². The minimum atomic E-state index is -0.599. The molecule has 3 aromatic rings. The first-order chi connectivity index (χ1) is 16.5. The fourth-order valence-electron chi connectivity index (χ4n) is 3.92. The maximum Gasteiger partial charge on any atom is 0.242 e. The average molecular weight is 459 g/mol. The molecule has 1 N–H and O–H groups in total. The Morgan fingerprint density at radius 1 is 0.882 bits per heavy atom. The highest BCUT2D eigenvalue weighted by Crippen LogP contribution is 2.18. The molecule has 0 spiro atoms. The number of hydrogen-bond donors (Lipinski definition) is 1. The lowest BCUT2D eigenvalue weighted by molar-refractivity contribution is -0.141. The molecule has 0 fully saturated rings. The molecule has 1 unspecified atom stereocenters. The minimum absolute atomic E-state index is 0.0569. The van der Waals surface area contributed by atoms with Gasteiger partial charge in [-0.15, -0.1) is 0 Å². The maximum absolute atomic E-state index is 13.4. The molecule has 34 heavy (non-hydrogen) atoms. The summed E-state index contributed by atoms with van der Waals surface area (Å²) in [6.07, 6.45) is 1.33. The minimum Gasteiger partial charge on any atom is -0.494 e. The van der Waals surface area contributed by atoms with Crippen molar-refractivity contribution in [2.24, 2.45) is 0 Å². The lowest BCUT2D eigenvalue weighted by Gasteiger charge is -2.31. The van der Waals surface area contributed by atoms with Crippen molar-refractivity contribution in [2.75, 3.05) is 13.7 Å². The van der Waals surface area contributed by atoms with Crippen LogP contribution in [-0.2, 0) is 22.6 Å². The second kappa shape index (κ2) is 12.6. The van der Waals surface area contributed by atoms with Crippen molar-refractivity contribution in [3.63, 3.8) is 0 Å². The Balaban J connectivity index is 1.74. The molecule has 178 valence electrons. The van der Waals surface area contributed by atoms with Gasteiger partial charge in [-0.1, -0.05) is 77.9 Å². The summed E-state index contributed by atoms with van der Waals surface area (Å²) in [5.74, 6) is 0.571. The largest absolute Gasteiger partial charge is 0.494 e. The molecule has 2 amide bonds. The fourth-order valence-corrected chi connectivity index (χ4v) is 3.92. The van der Waals surface area contributed by atoms with E-state index in [1.807, 2.05) is 86.6 Å². The van der Waals surface area contributed by atoms with Gasteiger partial charge >= 0.3 is 0 Å². The zero-order chi connectivity index (χ0) is 24.3. The number of aryl methyl sites for hydroxylation is 2. The Kier molecular flexibility index (Phi) is 9.27. The Morgan fingerprint density at radius 3 is 2.26 bits per heavy atom. The molecule has 0 radical (unpaired) electrons. The summed E-state index contributed by atoms with van der Waals surface area (Å²) in [6.45, 7) is 4.88. The van der Waals surface area contributed by atoms with E-state index >= 15 is 0 Å². The van der Waals surface area contributed by atoms with Gasteiger partial charge in [0.2, 0.25) is 11.8 Å². The summed E-state index contributed by atoms with van der Waals surface area (Å²) in [5, 5.41) is 2.75. The molecule has 0 aliphatic carbocycles. The van der Waals surface area contributed by atoms with E-state index in [-0.39, 0.29) is 11.8 Å². The van der Waals surface area contributed by atoms with Crippen LogP contribution in [-0.4, -0.2) is 36.4 Å². The van der Waals surface area contributed by atoms with Gasteiger partial charge in [-0.3, -0.25) is 9.59 Å². The van der Waals surface area contributed by atoms with Gasteiger partial charge in [0.15, 0.2) is 0 Å². The number of carbonyl (C=O) groups excluding carboxylic acids is 2. The molecule has 0 saturated heterocycles. The van der Waals surface area contributed by atoms with Crippen molar-refractivity contribution in [3.8, 4) is 5.75 Å². The average Bonchev–Trinajstić information content (AvgIpc) is 2.85. The van der Waals surface area contributed by atoms with Crippen LogP contribution in [0.3, 0.4) is 0 Å². The number of benzene rings is 3. The number of ether oxygens (including phenoxy) is 1. The number of carbonyl (C=O) groups is 2. The van der Waals surface area contributed by atoms with Crippen LogP contribution in [0.4, 0.5) is 0 Å². The van der Waals surface area contributed by atoms with Crippen LogP contribution < -0.4 is 10.1 Å². The molecule has 5 nitrogen and oxygen atoms in total. The van der Waals surface area contributed by atoms with Gasteiger partial charge in [0.25, 0.3) is 0 Å². The van der Waals surface area contributed by atoms with Crippen LogP contribution in [0.15, 0.2) is 78.9 Å². The molecule has 0 aliphatic heterocycles. The highest BCUT2D eigenvalue weighted by Gasteiger charge is 2.29. The molecule has 5 heteroatoms. The molecule has 1 atom stereocenters. The number of nitrogens with zero attached hydrogens (tertiary/aromatic N) is 1. The van der Waals surface area contributed by atoms with Crippen molar-refractivity contribution < 1.29 is 14.3 Å². The second-order valence-corrected chi connectivity index (χ2v) is 8.60. The highest BCUT2D eigenvalue weighted by molar-refractivity contribution is 5.87. The zero-order valence-corrected chi connectivity index (χ0v) is 20.3. The van der Waals surface area contributed by atoms with Crippen molar-refractivity contribution in [2.45, 2.75) is 45.7 Å². The lowest BCUT2D eigenvalue weighted by atomic mass is 10.0. The Labute approximate surface area is 202 Å². The Hall–Kier alpha value is -3.60. The van der Waals surface area contributed by atoms with E-state index in [9.17, 15) is 9.59 Å². The molecule has 0 aliphatic rings. The van der Waals surface area contributed by atoms with Gasteiger partial charge < -0.3 is 15.0 Å². The number of hydrogen-bond acceptors (Lipinski definition) is 3. The fraction of sp³-hybridized carbons (Fsp3) is 0.310. The van der Waals surface area contributed by atoms with Crippen molar-refractivity contribution in [1.82, 2.24) is 10.2 Å². The number of amides is 2. The molecule has 0 bridgehead atoms. The normalized spacial score (nSPS) is 11.5. The molecule has 0 aromatic heterocycles. The van der Waals surface area contributed by atoms with E-state index in [0.717, 1.165) is 22.4 Å². The third kappa shape index (κ3) is 7.48. The third-order valence-corrected chi connectivity index (χ3v) is 5.78. The molecular weight excluding hydrogens is 424 g/mol. The first-order valence-electron chi connectivity index (χ1n) is 11.8. The molecular formula is C29H34N2O3. The summed E-state index contributed by atoms with van der Waals surface area (Å²) < 4.78 is 5.80. The molecule has 3 rings (SSSR count). The van der Waals surface area contributed by atoms with Crippen molar-refractivity contribution in [3.05, 3.63) is 101 Å². The summed E-state index contributed by atoms with van der Waals surface area (Å²) in [7, 11) is 1.62. The summed E-state index contributed by atoms with van der Waals surface area (Å²) in [4.78, 5) is 28.1. The van der Waals surface area contributed by atoms with Crippen LogP contribution in [0.5, 0.6) is 5.75 Å². The summed E-state index contributed by atoms with van der Waals surface area (Å²) >= 11 is 0. The van der Waals surface area contributed by atoms with Crippen LogP contribution >= 0.6 is 0 Å². The SMILES string of the molecule is CNC(=O)C(Cc1ccccc1)N(Cc1cccc(C)c1)C(=O)CCCOc1ccc(C)cc1. The van der Waals surface area contributed by atoms with Crippen LogP contribution in [0, 0.1) is 13.8 Å². The van der Waals surface area contributed by atoms with Crippen LogP contribution in [0.1, 0.15) is 35.1 Å². The highest BCUT2D eigenvalue weighted by atomic mass is 16.5. The van der Waals surface area contributed by atoms with Gasteiger partial charge in [0, 0.05) is 26.4 Å². The van der Waals surface area contributed by atoms with E-state index in [4.69, 9.17) is 4.74 Å². The molecule has 0 saturated carbocycles. The topological polar surface area (TPSA) is 58.6 Å². The Morgan fingerprint density at radius 2 is 1.59 bits per heavy atom. The third-order valence-electron chi connectivity index (χ3n) is 5.78. The van der Waals surface area contributed by atoms with Crippen molar-refractivity contribution >= 4 is 11.8 Å². The maximum atomic E-state index is 13.4. The van der Waals surface area contributed by atoms with E-state index in [2.05, 4.69) is 11.4 Å². The summed E-state index contributed by atoms with van der Waals surface area (Å²) in [5.41, 5.74) is 4.32. The van der Waals surface area contributed by atoms with Crippen molar-refractivity contribution in [1.29, 1.82) is 0 Å². The van der Waals surface area contributed by atoms with E-state index in [1.54, 1.807) is 11.9 Å². The van der Waals surface area contributed by atoms with Gasteiger partial charge in [-0.2, -0.15) is 0 Å². The lowest BCUT2D eigenvalue weighted by Crippen LogP contribution is -2.49. The van der Waals surface area contributed by atoms with Gasteiger partial charge in [-0.25, -0.2) is 0 Å². The van der Waals surface area contributed by atoms with Gasteiger partial charge in [0.05, 0.1) is 6.61 Å². The monoisotopic (exact) mass is 458 g/mol. The first-order valence-corrected chi connectivity index (χ1v) is 11.8. The standard InChI is InChI=1S/C29H34N2O3/c1-22-14-16-26(17-15-22)34-18-8-13-28(32)31(21-25-12-7-9-23(2)19-25)27(29(33)30-3)20-24-10-5-4-6-11-24/h4-7,9-12,14-17,19,27H,8,13,18,20-21H2,1-3H3,(H,30,33). The van der Waals surface area contributed by atoms with Crippen LogP contribution in [0.2, 0.25) is 0 Å². The number of likely N-dealkylation sites (N-methyl/N-ethyl adjacent to an activating group) is 1. The number of nitrogens with one attached hydrogen (secondary N) is 1. The predicted octanol–water partition coefficient (Wildman–Crippen LogP) is 4.85. The quantitative estimate of drug-likeness (QED) is 0.418. The van der Waals surface area contributed by atoms with Crippen LogP contribution in [0.25, 0.3) is 0 Å². The predicted molar refractivity (Wildman–Crippen MR) is 136 cm³/mol. The molecule has 3 aromatic carbocycles. The molecule has 0 heterocycles. The van der Waals surface area contributed by atoms with Gasteiger partial charge in [0.1, 0.15) is 11.8 Å². The first kappa shape index (κ1) is 25.0. The second-order valence-electron chi connectivity index (χ2n) is 8.60. The zero-order valence-electron chi connectivity index (χ0n) is 20.3. The van der Waals surface area contributed by atoms with E-state index < -0.39 is 6.04 Å². The van der Waals surface area contributed by atoms with Gasteiger partial charge in [-0.05, 0) is 43.5 Å². The smallest absolute Gasteiger partial charge is 0.242 e. The summed E-state index contributed by atoms with van der Waals surface area (Å²) in [6, 6.07) is 25.2. The Bertz CT molecular complexity index is 1060. The van der Waals surface area contributed by atoms with E-state index in [1.165, 1.54) is 5.56 Å².